The fraction of sp³-hybridized carbons (Fsp3) is 0.500. The van der Waals surface area contributed by atoms with Crippen molar-refractivity contribution in [3.63, 3.8) is 0 Å². The molecule has 0 saturated carbocycles. The molecule has 5 heteroatoms. The van der Waals surface area contributed by atoms with Gasteiger partial charge in [-0.1, -0.05) is 6.92 Å². The van der Waals surface area contributed by atoms with Crippen LogP contribution in [-0.2, 0) is 9.59 Å². The number of fused-ring (bicyclic) bond motifs is 1. The largest absolute Gasteiger partial charge is 0.490 e. The van der Waals surface area contributed by atoms with Crippen molar-refractivity contribution in [2.45, 2.75) is 34.1 Å². The number of anilines is 2. The SMILES string of the molecule is CCCN1C(=O)C(C)(C)COc2cc(NC(C)=O)ccc21. The summed E-state index contributed by atoms with van der Waals surface area (Å²) in [5.74, 6) is 0.564. The maximum Gasteiger partial charge on any atom is 0.236 e. The Morgan fingerprint density at radius 3 is 2.76 bits per heavy atom. The highest BCUT2D eigenvalue weighted by Gasteiger charge is 2.37. The fourth-order valence-corrected chi connectivity index (χ4v) is 2.37. The lowest BCUT2D eigenvalue weighted by Gasteiger charge is -2.27. The molecule has 0 aromatic heterocycles. The molecule has 2 amide bonds. The van der Waals surface area contributed by atoms with Crippen molar-refractivity contribution in [3.8, 4) is 5.75 Å². The molecule has 2 rings (SSSR count). The lowest BCUT2D eigenvalue weighted by atomic mass is 9.93. The molecule has 0 saturated heterocycles. The van der Waals surface area contributed by atoms with Crippen LogP contribution in [0.25, 0.3) is 0 Å². The van der Waals surface area contributed by atoms with E-state index < -0.39 is 5.41 Å². The molecule has 114 valence electrons. The van der Waals surface area contributed by atoms with E-state index >= 15 is 0 Å². The number of nitrogens with zero attached hydrogens (tertiary/aromatic N) is 1. The zero-order chi connectivity index (χ0) is 15.6. The van der Waals surface area contributed by atoms with Gasteiger partial charge in [0.25, 0.3) is 0 Å². The van der Waals surface area contributed by atoms with Crippen molar-refractivity contribution in [2.24, 2.45) is 5.41 Å². The molecule has 0 unspecified atom stereocenters. The number of amides is 2. The van der Waals surface area contributed by atoms with E-state index in [-0.39, 0.29) is 11.8 Å². The first-order chi connectivity index (χ1) is 9.85. The van der Waals surface area contributed by atoms with Crippen molar-refractivity contribution in [1.29, 1.82) is 0 Å². The fourth-order valence-electron chi connectivity index (χ4n) is 2.37. The van der Waals surface area contributed by atoms with E-state index in [9.17, 15) is 9.59 Å². The van der Waals surface area contributed by atoms with Gasteiger partial charge in [0.1, 0.15) is 12.4 Å². The molecule has 1 N–H and O–H groups in total. The first kappa shape index (κ1) is 15.4. The zero-order valence-electron chi connectivity index (χ0n) is 13.0. The zero-order valence-corrected chi connectivity index (χ0v) is 13.0. The van der Waals surface area contributed by atoms with E-state index in [1.165, 1.54) is 6.92 Å². The van der Waals surface area contributed by atoms with Crippen molar-refractivity contribution in [1.82, 2.24) is 0 Å². The molecule has 1 heterocycles. The lowest BCUT2D eigenvalue weighted by molar-refractivity contribution is -0.127. The van der Waals surface area contributed by atoms with Crippen LogP contribution in [0.2, 0.25) is 0 Å². The van der Waals surface area contributed by atoms with Crippen LogP contribution in [0.15, 0.2) is 18.2 Å². The van der Waals surface area contributed by atoms with Crippen LogP contribution in [0.3, 0.4) is 0 Å². The van der Waals surface area contributed by atoms with Gasteiger partial charge in [0.2, 0.25) is 11.8 Å². The van der Waals surface area contributed by atoms with Gasteiger partial charge >= 0.3 is 0 Å². The van der Waals surface area contributed by atoms with Gasteiger partial charge in [0.15, 0.2) is 0 Å². The van der Waals surface area contributed by atoms with Crippen molar-refractivity contribution < 1.29 is 14.3 Å². The molecule has 0 aliphatic carbocycles. The normalized spacial score (nSPS) is 16.8. The number of carbonyl (C=O) groups excluding carboxylic acids is 2. The predicted octanol–water partition coefficient (Wildman–Crippen LogP) is 2.81. The number of benzene rings is 1. The van der Waals surface area contributed by atoms with Gasteiger partial charge in [0, 0.05) is 25.2 Å². The minimum Gasteiger partial charge on any atom is -0.490 e. The third-order valence-electron chi connectivity index (χ3n) is 3.43. The predicted molar refractivity (Wildman–Crippen MR) is 82.7 cm³/mol. The molecule has 1 aliphatic heterocycles. The highest BCUT2D eigenvalue weighted by molar-refractivity contribution is 6.00. The number of rotatable bonds is 3. The highest BCUT2D eigenvalue weighted by Crippen LogP contribution is 2.38. The molecule has 0 bridgehead atoms. The molecule has 0 atom stereocenters. The highest BCUT2D eigenvalue weighted by atomic mass is 16.5. The Labute approximate surface area is 125 Å². The van der Waals surface area contributed by atoms with Crippen molar-refractivity contribution in [2.75, 3.05) is 23.4 Å². The summed E-state index contributed by atoms with van der Waals surface area (Å²) in [5.41, 5.74) is 0.869. The molecule has 0 spiro atoms. The van der Waals surface area contributed by atoms with Crippen LogP contribution < -0.4 is 15.0 Å². The van der Waals surface area contributed by atoms with Gasteiger partial charge in [-0.05, 0) is 32.4 Å². The molecule has 0 radical (unpaired) electrons. The van der Waals surface area contributed by atoms with Gasteiger partial charge in [-0.3, -0.25) is 9.59 Å². The molecule has 1 aromatic rings. The average molecular weight is 290 g/mol. The second-order valence-electron chi connectivity index (χ2n) is 5.99. The number of carbonyl (C=O) groups is 2. The molecule has 21 heavy (non-hydrogen) atoms. The van der Waals surface area contributed by atoms with Crippen LogP contribution in [0, 0.1) is 5.41 Å². The second-order valence-corrected chi connectivity index (χ2v) is 5.99. The third kappa shape index (κ3) is 3.17. The van der Waals surface area contributed by atoms with Crippen molar-refractivity contribution >= 4 is 23.2 Å². The van der Waals surface area contributed by atoms with E-state index in [1.54, 1.807) is 17.0 Å². The van der Waals surface area contributed by atoms with Crippen LogP contribution >= 0.6 is 0 Å². The van der Waals surface area contributed by atoms with Gasteiger partial charge in [-0.15, -0.1) is 0 Å². The average Bonchev–Trinajstić information content (AvgIpc) is 2.49. The summed E-state index contributed by atoms with van der Waals surface area (Å²) in [4.78, 5) is 25.6. The Morgan fingerprint density at radius 1 is 1.43 bits per heavy atom. The van der Waals surface area contributed by atoms with Gasteiger partial charge < -0.3 is 15.0 Å². The summed E-state index contributed by atoms with van der Waals surface area (Å²) in [6, 6.07) is 5.39. The lowest BCUT2D eigenvalue weighted by Crippen LogP contribution is -2.42. The van der Waals surface area contributed by atoms with E-state index in [0.717, 1.165) is 12.1 Å². The quantitative estimate of drug-likeness (QED) is 0.931. The minimum absolute atomic E-state index is 0.0652. The molecule has 5 nitrogen and oxygen atoms in total. The van der Waals surface area contributed by atoms with Gasteiger partial charge in [-0.2, -0.15) is 0 Å². The summed E-state index contributed by atoms with van der Waals surface area (Å²) >= 11 is 0. The van der Waals surface area contributed by atoms with E-state index in [2.05, 4.69) is 5.32 Å². The van der Waals surface area contributed by atoms with Gasteiger partial charge in [0.05, 0.1) is 11.1 Å². The topological polar surface area (TPSA) is 58.6 Å². The summed E-state index contributed by atoms with van der Waals surface area (Å²) in [7, 11) is 0. The number of ether oxygens (including phenoxy) is 1. The summed E-state index contributed by atoms with van der Waals surface area (Å²) in [6.07, 6.45) is 0.870. The standard InChI is InChI=1S/C16H22N2O3/c1-5-8-18-13-7-6-12(17-11(2)19)9-14(13)21-10-16(3,4)15(18)20/h6-7,9H,5,8,10H2,1-4H3,(H,17,19). The summed E-state index contributed by atoms with van der Waals surface area (Å²) < 4.78 is 5.82. The monoisotopic (exact) mass is 290 g/mol. The van der Waals surface area contributed by atoms with Crippen LogP contribution in [0.1, 0.15) is 34.1 Å². The Balaban J connectivity index is 2.43. The first-order valence-corrected chi connectivity index (χ1v) is 7.21. The smallest absolute Gasteiger partial charge is 0.236 e. The molecular weight excluding hydrogens is 268 g/mol. The Kier molecular flexibility index (Phi) is 4.21. The maximum atomic E-state index is 12.7. The number of hydrogen-bond acceptors (Lipinski definition) is 3. The van der Waals surface area contributed by atoms with Crippen LogP contribution in [-0.4, -0.2) is 25.0 Å². The number of hydrogen-bond donors (Lipinski definition) is 1. The van der Waals surface area contributed by atoms with E-state index in [0.29, 0.717) is 24.6 Å². The molecule has 1 aromatic carbocycles. The van der Waals surface area contributed by atoms with E-state index in [1.807, 2.05) is 26.8 Å². The Bertz CT molecular complexity index is 567. The summed E-state index contributed by atoms with van der Waals surface area (Å²) in [6.45, 7) is 8.25. The second kappa shape index (κ2) is 5.76. The third-order valence-corrected chi connectivity index (χ3v) is 3.43. The first-order valence-electron chi connectivity index (χ1n) is 7.21. The summed E-state index contributed by atoms with van der Waals surface area (Å²) in [5, 5.41) is 2.73. The van der Waals surface area contributed by atoms with Crippen molar-refractivity contribution in [3.05, 3.63) is 18.2 Å². The number of nitrogens with one attached hydrogen (secondary N) is 1. The molecule has 0 fully saturated rings. The molecular formula is C16H22N2O3. The Hall–Kier alpha value is -2.04. The van der Waals surface area contributed by atoms with Crippen LogP contribution in [0.5, 0.6) is 5.75 Å². The van der Waals surface area contributed by atoms with Gasteiger partial charge in [-0.25, -0.2) is 0 Å². The Morgan fingerprint density at radius 2 is 2.14 bits per heavy atom. The minimum atomic E-state index is -0.567. The molecule has 1 aliphatic rings. The van der Waals surface area contributed by atoms with Crippen LogP contribution in [0.4, 0.5) is 11.4 Å². The van der Waals surface area contributed by atoms with E-state index in [4.69, 9.17) is 4.74 Å². The maximum absolute atomic E-state index is 12.7.